The Balaban J connectivity index is 2.04. The van der Waals surface area contributed by atoms with Gasteiger partial charge in [-0.05, 0) is 40.0 Å². The Morgan fingerprint density at radius 2 is 1.62 bits per heavy atom. The maximum atomic E-state index is 6.26. The summed E-state index contributed by atoms with van der Waals surface area (Å²) < 4.78 is 6.26. The summed E-state index contributed by atoms with van der Waals surface area (Å²) in [6, 6.07) is 0. The number of hydrogen-bond donors (Lipinski definition) is 0. The van der Waals surface area contributed by atoms with Crippen LogP contribution in [0.5, 0.6) is 0 Å². The van der Waals surface area contributed by atoms with E-state index in [-0.39, 0.29) is 5.60 Å². The average molecular weight is 289 g/mol. The van der Waals surface area contributed by atoms with Crippen molar-refractivity contribution in [1.29, 1.82) is 0 Å². The molecule has 2 heteroatoms. The van der Waals surface area contributed by atoms with Crippen LogP contribution in [-0.4, -0.2) is 16.5 Å². The molecule has 2 unspecified atom stereocenters. The number of halogens is 1. The Bertz CT molecular complexity index is 236. The van der Waals surface area contributed by atoms with E-state index >= 15 is 0 Å². The second kappa shape index (κ2) is 4.61. The Morgan fingerprint density at radius 3 is 2.06 bits per heavy atom. The predicted octanol–water partition coefficient (Wildman–Crippen LogP) is 4.68. The van der Waals surface area contributed by atoms with Gasteiger partial charge in [-0.3, -0.25) is 0 Å². The highest BCUT2D eigenvalue weighted by Gasteiger charge is 2.54. The summed E-state index contributed by atoms with van der Waals surface area (Å²) in [4.78, 5) is 0.699. The van der Waals surface area contributed by atoms with Gasteiger partial charge in [0, 0.05) is 10.2 Å². The van der Waals surface area contributed by atoms with E-state index in [2.05, 4.69) is 36.7 Å². The van der Waals surface area contributed by atoms with Crippen LogP contribution in [0, 0.1) is 5.41 Å². The van der Waals surface area contributed by atoms with E-state index in [4.69, 9.17) is 4.74 Å². The zero-order valence-corrected chi connectivity index (χ0v) is 12.5. The van der Waals surface area contributed by atoms with Crippen molar-refractivity contribution in [2.45, 2.75) is 82.2 Å². The largest absolute Gasteiger partial charge is 0.372 e. The Labute approximate surface area is 108 Å². The van der Waals surface area contributed by atoms with Gasteiger partial charge >= 0.3 is 0 Å². The lowest BCUT2D eigenvalue weighted by molar-refractivity contribution is -0.168. The van der Waals surface area contributed by atoms with E-state index in [9.17, 15) is 0 Å². The average Bonchev–Trinajstić information content (AvgIpc) is 2.42. The molecule has 0 amide bonds. The fourth-order valence-corrected chi connectivity index (χ4v) is 4.41. The molecule has 0 heterocycles. The van der Waals surface area contributed by atoms with Crippen LogP contribution in [0.1, 0.15) is 65.7 Å². The van der Waals surface area contributed by atoms with E-state index in [1.165, 1.54) is 44.9 Å². The van der Waals surface area contributed by atoms with Gasteiger partial charge in [0.1, 0.15) is 0 Å². The van der Waals surface area contributed by atoms with Crippen molar-refractivity contribution in [3.63, 3.8) is 0 Å². The van der Waals surface area contributed by atoms with E-state index < -0.39 is 0 Å². The van der Waals surface area contributed by atoms with E-state index in [1.54, 1.807) is 0 Å². The highest BCUT2D eigenvalue weighted by Crippen LogP contribution is 2.56. The zero-order chi connectivity index (χ0) is 11.8. The van der Waals surface area contributed by atoms with Gasteiger partial charge in [0.15, 0.2) is 0 Å². The Morgan fingerprint density at radius 1 is 1.06 bits per heavy atom. The standard InChI is InChI=1S/C14H25BrO/c1-13(2,3)16-12-10-11(15)14(12)8-6-4-5-7-9-14/h11-12H,4-10H2,1-3H3. The maximum Gasteiger partial charge on any atom is 0.0660 e. The molecule has 0 aromatic heterocycles. The molecule has 2 atom stereocenters. The van der Waals surface area contributed by atoms with Crippen LogP contribution in [-0.2, 0) is 4.74 Å². The summed E-state index contributed by atoms with van der Waals surface area (Å²) >= 11 is 3.88. The fourth-order valence-electron chi connectivity index (χ4n) is 3.31. The summed E-state index contributed by atoms with van der Waals surface area (Å²) in [5, 5.41) is 0. The first-order chi connectivity index (χ1) is 7.44. The lowest BCUT2D eigenvalue weighted by Gasteiger charge is -2.55. The SMILES string of the molecule is CC(C)(C)OC1CC(Br)C12CCCCCC2. The molecule has 1 spiro atoms. The summed E-state index contributed by atoms with van der Waals surface area (Å²) in [7, 11) is 0. The van der Waals surface area contributed by atoms with Gasteiger partial charge in [-0.15, -0.1) is 0 Å². The molecule has 1 nitrogen and oxygen atoms in total. The molecule has 2 saturated carbocycles. The predicted molar refractivity (Wildman–Crippen MR) is 72.1 cm³/mol. The molecule has 94 valence electrons. The van der Waals surface area contributed by atoms with Gasteiger partial charge in [-0.25, -0.2) is 0 Å². The topological polar surface area (TPSA) is 9.23 Å². The Kier molecular flexibility index (Phi) is 3.71. The van der Waals surface area contributed by atoms with Crippen molar-refractivity contribution in [2.75, 3.05) is 0 Å². The van der Waals surface area contributed by atoms with Crippen LogP contribution < -0.4 is 0 Å². The fraction of sp³-hybridized carbons (Fsp3) is 1.00. The van der Waals surface area contributed by atoms with Crippen LogP contribution in [0.15, 0.2) is 0 Å². The van der Waals surface area contributed by atoms with Crippen molar-refractivity contribution in [3.8, 4) is 0 Å². The summed E-state index contributed by atoms with van der Waals surface area (Å²) in [5.74, 6) is 0. The highest BCUT2D eigenvalue weighted by atomic mass is 79.9. The van der Waals surface area contributed by atoms with Gasteiger partial charge in [-0.2, -0.15) is 0 Å². The van der Waals surface area contributed by atoms with Crippen molar-refractivity contribution in [2.24, 2.45) is 5.41 Å². The molecule has 0 aromatic carbocycles. The van der Waals surface area contributed by atoms with Crippen molar-refractivity contribution >= 4 is 15.9 Å². The maximum absolute atomic E-state index is 6.26. The molecule has 0 radical (unpaired) electrons. The monoisotopic (exact) mass is 288 g/mol. The third kappa shape index (κ3) is 2.48. The highest BCUT2D eigenvalue weighted by molar-refractivity contribution is 9.09. The summed E-state index contributed by atoms with van der Waals surface area (Å²) in [5.41, 5.74) is 0.473. The molecule has 0 aromatic rings. The third-order valence-electron chi connectivity index (χ3n) is 4.22. The molecule has 16 heavy (non-hydrogen) atoms. The van der Waals surface area contributed by atoms with E-state index in [1.807, 2.05) is 0 Å². The molecule has 0 aliphatic heterocycles. The molecule has 2 rings (SSSR count). The number of rotatable bonds is 1. The molecule has 0 N–H and O–H groups in total. The smallest absolute Gasteiger partial charge is 0.0660 e. The van der Waals surface area contributed by atoms with Gasteiger partial charge in [-0.1, -0.05) is 41.6 Å². The molecular weight excluding hydrogens is 264 g/mol. The van der Waals surface area contributed by atoms with Crippen molar-refractivity contribution < 1.29 is 4.74 Å². The van der Waals surface area contributed by atoms with Crippen LogP contribution >= 0.6 is 15.9 Å². The second-order valence-corrected chi connectivity index (χ2v) is 7.67. The van der Waals surface area contributed by atoms with Gasteiger partial charge in [0.2, 0.25) is 0 Å². The third-order valence-corrected chi connectivity index (χ3v) is 5.50. The minimum absolute atomic E-state index is 0.0110. The van der Waals surface area contributed by atoms with Gasteiger partial charge < -0.3 is 4.74 Å². The first-order valence-corrected chi connectivity index (χ1v) is 7.67. The molecule has 2 aliphatic carbocycles. The first kappa shape index (κ1) is 12.9. The first-order valence-electron chi connectivity index (χ1n) is 6.76. The number of hydrogen-bond acceptors (Lipinski definition) is 1. The lowest BCUT2D eigenvalue weighted by atomic mass is 9.61. The minimum atomic E-state index is 0.0110. The second-order valence-electron chi connectivity index (χ2n) is 6.57. The molecule has 2 aliphatic rings. The lowest BCUT2D eigenvalue weighted by Crippen LogP contribution is -2.57. The molecule has 2 fully saturated rings. The van der Waals surface area contributed by atoms with Crippen LogP contribution in [0.2, 0.25) is 0 Å². The quantitative estimate of drug-likeness (QED) is 0.637. The minimum Gasteiger partial charge on any atom is -0.372 e. The molecule has 0 saturated heterocycles. The molecule has 0 bridgehead atoms. The van der Waals surface area contributed by atoms with E-state index in [0.29, 0.717) is 16.3 Å². The molecular formula is C14H25BrO. The summed E-state index contributed by atoms with van der Waals surface area (Å²) in [6.07, 6.45) is 10.1. The number of alkyl halides is 1. The summed E-state index contributed by atoms with van der Waals surface area (Å²) in [6.45, 7) is 6.54. The van der Waals surface area contributed by atoms with E-state index in [0.717, 1.165) is 0 Å². The zero-order valence-electron chi connectivity index (χ0n) is 10.9. The Hall–Kier alpha value is 0.440. The van der Waals surface area contributed by atoms with Crippen molar-refractivity contribution in [3.05, 3.63) is 0 Å². The number of ether oxygens (including phenoxy) is 1. The van der Waals surface area contributed by atoms with Crippen molar-refractivity contribution in [1.82, 2.24) is 0 Å². The van der Waals surface area contributed by atoms with Crippen LogP contribution in [0.4, 0.5) is 0 Å². The van der Waals surface area contributed by atoms with Gasteiger partial charge in [0.25, 0.3) is 0 Å². The van der Waals surface area contributed by atoms with Crippen LogP contribution in [0.25, 0.3) is 0 Å². The normalized spacial score (nSPS) is 34.5. The van der Waals surface area contributed by atoms with Gasteiger partial charge in [0.05, 0.1) is 11.7 Å². The van der Waals surface area contributed by atoms with Crippen LogP contribution in [0.3, 0.4) is 0 Å².